The first-order chi connectivity index (χ1) is 17.7. The first kappa shape index (κ1) is 27.6. The molecule has 0 unspecified atom stereocenters. The molecule has 1 saturated heterocycles. The Kier molecular flexibility index (Phi) is 8.63. The summed E-state index contributed by atoms with van der Waals surface area (Å²) < 4.78 is 16.7. The molecule has 0 aromatic heterocycles. The zero-order valence-electron chi connectivity index (χ0n) is 19.2. The van der Waals surface area contributed by atoms with E-state index in [1.54, 1.807) is 42.5 Å². The van der Waals surface area contributed by atoms with Crippen LogP contribution in [0.15, 0.2) is 48.2 Å². The van der Waals surface area contributed by atoms with Gasteiger partial charge in [0.2, 0.25) is 0 Å². The van der Waals surface area contributed by atoms with Crippen LogP contribution in [0.25, 0.3) is 6.08 Å². The number of carbonyl (C=O) groups is 1. The molecule has 3 aromatic carbocycles. The third-order valence-corrected chi connectivity index (χ3v) is 7.89. The number of amides is 1. The fraction of sp³-hybridized carbons (Fsp3) is 0.120. The van der Waals surface area contributed by atoms with Crippen LogP contribution in [0.5, 0.6) is 17.2 Å². The maximum atomic E-state index is 13.2. The molecular formula is C25H17Cl5N2O4S. The van der Waals surface area contributed by atoms with Gasteiger partial charge in [-0.3, -0.25) is 4.79 Å². The maximum absolute atomic E-state index is 13.2. The smallest absolute Gasteiger partial charge is 0.281 e. The highest BCUT2D eigenvalue weighted by atomic mass is 35.5. The number of para-hydroxylation sites is 2. The van der Waals surface area contributed by atoms with Gasteiger partial charge >= 0.3 is 0 Å². The third kappa shape index (κ3) is 5.43. The molecule has 0 spiro atoms. The first-order valence-electron chi connectivity index (χ1n) is 10.5. The zero-order valence-corrected chi connectivity index (χ0v) is 23.8. The van der Waals surface area contributed by atoms with Gasteiger partial charge in [0.05, 0.1) is 35.0 Å². The van der Waals surface area contributed by atoms with Crippen molar-refractivity contribution in [3.8, 4) is 17.2 Å². The maximum Gasteiger partial charge on any atom is 0.281 e. The Hall–Kier alpha value is -2.39. The number of anilines is 1. The van der Waals surface area contributed by atoms with Crippen LogP contribution in [0.1, 0.15) is 11.1 Å². The van der Waals surface area contributed by atoms with E-state index in [0.717, 1.165) is 0 Å². The summed E-state index contributed by atoms with van der Waals surface area (Å²) in [7, 11) is 3.05. The van der Waals surface area contributed by atoms with Gasteiger partial charge in [0.1, 0.15) is 33.8 Å². The van der Waals surface area contributed by atoms with Gasteiger partial charge in [0.15, 0.2) is 10.9 Å². The standard InChI is InChI=1S/C25H17Cl5N2O4S/c1-34-16-8-7-12(9-13(16)11-36-23-21(29)19(27)18(26)20(28)22(23)30)10-14-24(33)32(25(37)31-14)15-5-3-4-6-17(15)35-2/h3-10H,11H2,1-2H3,(H,31,37)/b14-10+. The molecule has 12 heteroatoms. The van der Waals surface area contributed by atoms with Crippen LogP contribution in [-0.4, -0.2) is 25.2 Å². The number of thiocarbonyl (C=S) groups is 1. The molecule has 1 aliphatic rings. The fourth-order valence-corrected chi connectivity index (χ4v) is 5.12. The number of nitrogens with zero attached hydrogens (tertiary/aromatic N) is 1. The van der Waals surface area contributed by atoms with Crippen LogP contribution in [-0.2, 0) is 11.4 Å². The lowest BCUT2D eigenvalue weighted by molar-refractivity contribution is -0.113. The number of halogens is 5. The number of benzene rings is 3. The molecule has 1 N–H and O–H groups in total. The Morgan fingerprint density at radius 2 is 1.51 bits per heavy atom. The van der Waals surface area contributed by atoms with E-state index in [1.807, 2.05) is 6.07 Å². The Bertz CT molecular complexity index is 1420. The predicted molar refractivity (Wildman–Crippen MR) is 153 cm³/mol. The third-order valence-electron chi connectivity index (χ3n) is 5.36. The van der Waals surface area contributed by atoms with Gasteiger partial charge in [-0.2, -0.15) is 0 Å². The van der Waals surface area contributed by atoms with Crippen molar-refractivity contribution in [2.45, 2.75) is 6.61 Å². The summed E-state index contributed by atoms with van der Waals surface area (Å²) in [5.74, 6) is 0.813. The number of nitrogens with one attached hydrogen (secondary N) is 1. The quantitative estimate of drug-likeness (QED) is 0.126. The number of rotatable bonds is 7. The fourth-order valence-electron chi connectivity index (χ4n) is 3.60. The van der Waals surface area contributed by atoms with Gasteiger partial charge < -0.3 is 19.5 Å². The molecule has 0 atom stereocenters. The lowest BCUT2D eigenvalue weighted by atomic mass is 10.1. The largest absolute Gasteiger partial charge is 0.496 e. The number of methoxy groups -OCH3 is 2. The molecule has 37 heavy (non-hydrogen) atoms. The normalized spacial score (nSPS) is 14.2. The molecule has 192 valence electrons. The topological polar surface area (TPSA) is 60.0 Å². The summed E-state index contributed by atoms with van der Waals surface area (Å²) in [5, 5.41) is 3.35. The summed E-state index contributed by atoms with van der Waals surface area (Å²) >= 11 is 36.3. The summed E-state index contributed by atoms with van der Waals surface area (Å²) in [4.78, 5) is 14.6. The summed E-state index contributed by atoms with van der Waals surface area (Å²) in [6.07, 6.45) is 1.67. The van der Waals surface area contributed by atoms with Gasteiger partial charge in [0.25, 0.3) is 5.91 Å². The lowest BCUT2D eigenvalue weighted by Crippen LogP contribution is -2.30. The number of hydrogen-bond acceptors (Lipinski definition) is 5. The van der Waals surface area contributed by atoms with Gasteiger partial charge in [0, 0.05) is 5.56 Å². The average molecular weight is 619 g/mol. The van der Waals surface area contributed by atoms with Crippen molar-refractivity contribution in [2.24, 2.45) is 0 Å². The second-order valence-electron chi connectivity index (χ2n) is 7.56. The van der Waals surface area contributed by atoms with Crippen molar-refractivity contribution in [1.29, 1.82) is 0 Å². The van der Waals surface area contributed by atoms with E-state index in [-0.39, 0.29) is 54.2 Å². The molecule has 0 saturated carbocycles. The Balaban J connectivity index is 1.63. The van der Waals surface area contributed by atoms with Crippen molar-refractivity contribution in [3.05, 3.63) is 84.4 Å². The molecule has 1 fully saturated rings. The van der Waals surface area contributed by atoms with Crippen LogP contribution in [0, 0.1) is 0 Å². The molecule has 0 radical (unpaired) electrons. The van der Waals surface area contributed by atoms with Crippen LogP contribution in [0.3, 0.4) is 0 Å². The molecule has 1 aliphatic heterocycles. The molecule has 0 aliphatic carbocycles. The van der Waals surface area contributed by atoms with E-state index in [0.29, 0.717) is 28.3 Å². The zero-order chi connectivity index (χ0) is 26.9. The van der Waals surface area contributed by atoms with E-state index in [4.69, 9.17) is 84.4 Å². The lowest BCUT2D eigenvalue weighted by Gasteiger charge is -2.17. The van der Waals surface area contributed by atoms with Crippen LogP contribution >= 0.6 is 70.2 Å². The highest BCUT2D eigenvalue weighted by Crippen LogP contribution is 2.48. The van der Waals surface area contributed by atoms with Crippen LogP contribution in [0.2, 0.25) is 25.1 Å². The van der Waals surface area contributed by atoms with Gasteiger partial charge in [-0.05, 0) is 48.1 Å². The van der Waals surface area contributed by atoms with Gasteiger partial charge in [-0.25, -0.2) is 4.90 Å². The molecule has 4 rings (SSSR count). The number of ether oxygens (including phenoxy) is 3. The Morgan fingerprint density at radius 3 is 2.16 bits per heavy atom. The molecule has 1 amide bonds. The van der Waals surface area contributed by atoms with E-state index >= 15 is 0 Å². The molecular weight excluding hydrogens is 602 g/mol. The minimum absolute atomic E-state index is 0.00103. The van der Waals surface area contributed by atoms with E-state index in [1.165, 1.54) is 19.1 Å². The summed E-state index contributed by atoms with van der Waals surface area (Å²) in [6.45, 7) is 0.00103. The molecule has 0 bridgehead atoms. The minimum atomic E-state index is -0.327. The van der Waals surface area contributed by atoms with E-state index < -0.39 is 0 Å². The van der Waals surface area contributed by atoms with Crippen molar-refractivity contribution in [2.75, 3.05) is 19.1 Å². The molecule has 1 heterocycles. The first-order valence-corrected chi connectivity index (χ1v) is 12.8. The number of carbonyl (C=O) groups excluding carboxylic acids is 1. The van der Waals surface area contributed by atoms with Crippen LogP contribution < -0.4 is 24.4 Å². The SMILES string of the molecule is COc1ccc(/C=C2/NC(=S)N(c3ccccc3OC)C2=O)cc1COc1c(Cl)c(Cl)c(Cl)c(Cl)c1Cl. The van der Waals surface area contributed by atoms with Crippen molar-refractivity contribution < 1.29 is 19.0 Å². The number of hydrogen-bond donors (Lipinski definition) is 1. The van der Waals surface area contributed by atoms with Crippen molar-refractivity contribution in [1.82, 2.24) is 5.32 Å². The van der Waals surface area contributed by atoms with Crippen molar-refractivity contribution >= 4 is 93.0 Å². The Labute approximate surface area is 243 Å². The highest BCUT2D eigenvalue weighted by Gasteiger charge is 2.33. The molecule has 3 aromatic rings. The van der Waals surface area contributed by atoms with Crippen LogP contribution in [0.4, 0.5) is 5.69 Å². The predicted octanol–water partition coefficient (Wildman–Crippen LogP) is 7.81. The van der Waals surface area contributed by atoms with E-state index in [9.17, 15) is 4.79 Å². The van der Waals surface area contributed by atoms with Gasteiger partial charge in [-0.15, -0.1) is 0 Å². The second kappa shape index (κ2) is 11.6. The summed E-state index contributed by atoms with van der Waals surface area (Å²) in [6, 6.07) is 12.4. The second-order valence-corrected chi connectivity index (χ2v) is 9.84. The van der Waals surface area contributed by atoms with Gasteiger partial charge in [-0.1, -0.05) is 76.2 Å². The van der Waals surface area contributed by atoms with Crippen molar-refractivity contribution in [3.63, 3.8) is 0 Å². The van der Waals surface area contributed by atoms with E-state index in [2.05, 4.69) is 5.32 Å². The molecule has 6 nitrogen and oxygen atoms in total. The Morgan fingerprint density at radius 1 is 0.892 bits per heavy atom. The minimum Gasteiger partial charge on any atom is -0.496 e. The monoisotopic (exact) mass is 616 g/mol. The summed E-state index contributed by atoms with van der Waals surface area (Å²) in [5.41, 5.74) is 2.15. The highest BCUT2D eigenvalue weighted by molar-refractivity contribution is 7.80. The average Bonchev–Trinajstić information content (AvgIpc) is 3.18.